The number of rotatable bonds is 8. The zero-order valence-electron chi connectivity index (χ0n) is 18.8. The molecule has 3 heterocycles. The fourth-order valence-corrected chi connectivity index (χ4v) is 5.14. The van der Waals surface area contributed by atoms with Gasteiger partial charge in [0.2, 0.25) is 6.23 Å². The van der Waals surface area contributed by atoms with E-state index in [1.807, 2.05) is 12.2 Å². The second-order valence-electron chi connectivity index (χ2n) is 8.91. The normalized spacial score (nSPS) is 28.4. The maximum Gasteiger partial charge on any atom is 0.351 e. The number of nitrogens with one attached hydrogen (secondary N) is 1. The monoisotopic (exact) mass is 500 g/mol. The molecule has 2 fully saturated rings. The van der Waals surface area contributed by atoms with E-state index in [-0.39, 0.29) is 12.4 Å². The molecule has 2 saturated heterocycles. The van der Waals surface area contributed by atoms with Gasteiger partial charge in [-0.15, -0.1) is 0 Å². The van der Waals surface area contributed by atoms with E-state index in [0.29, 0.717) is 16.7 Å². The number of alkyl halides is 2. The zero-order chi connectivity index (χ0) is 24.5. The molecule has 4 rings (SSSR count). The Labute approximate surface area is 196 Å². The van der Waals surface area contributed by atoms with Crippen LogP contribution in [0.15, 0.2) is 41.0 Å². The number of carbonyl (C=O) groups excluding carboxylic acids is 1. The van der Waals surface area contributed by atoms with Gasteiger partial charge in [-0.1, -0.05) is 6.08 Å². The van der Waals surface area contributed by atoms with Crippen molar-refractivity contribution < 1.29 is 32.1 Å². The molecule has 1 aliphatic carbocycles. The molecule has 4 unspecified atom stereocenters. The van der Waals surface area contributed by atoms with E-state index >= 15 is 0 Å². The summed E-state index contributed by atoms with van der Waals surface area (Å²) >= 11 is 0. The first-order valence-electron chi connectivity index (χ1n) is 10.9. The molecule has 0 saturated carbocycles. The fourth-order valence-electron chi connectivity index (χ4n) is 3.89. The van der Waals surface area contributed by atoms with Crippen molar-refractivity contribution in [3.05, 3.63) is 46.7 Å². The van der Waals surface area contributed by atoms with E-state index in [1.165, 1.54) is 6.07 Å². The third-order valence-electron chi connectivity index (χ3n) is 5.43. The van der Waals surface area contributed by atoms with E-state index in [9.17, 15) is 18.4 Å². The highest BCUT2D eigenvalue weighted by Gasteiger charge is 2.52. The number of ether oxygens (including phenoxy) is 2. The van der Waals surface area contributed by atoms with Crippen LogP contribution in [0.3, 0.4) is 0 Å². The highest BCUT2D eigenvalue weighted by Crippen LogP contribution is 2.45. The lowest BCUT2D eigenvalue weighted by Crippen LogP contribution is -2.35. The van der Waals surface area contributed by atoms with Gasteiger partial charge >= 0.3 is 20.2 Å². The number of halogens is 2. The number of cyclic esters (lactones) is 1. The van der Waals surface area contributed by atoms with Crippen LogP contribution in [0.4, 0.5) is 14.6 Å². The lowest BCUT2D eigenvalue weighted by molar-refractivity contribution is -0.147. The molecule has 0 aromatic carbocycles. The molecule has 13 heteroatoms. The molecular formula is C21H27F2N4O6P. The maximum absolute atomic E-state index is 14.7. The lowest BCUT2D eigenvalue weighted by atomic mass is 10.0. The molecule has 186 valence electrons. The molecule has 0 amide bonds. The number of nitrogen functional groups attached to an aromatic ring is 1. The van der Waals surface area contributed by atoms with E-state index in [0.717, 1.165) is 19.0 Å². The number of allylic oxidation sites excluding steroid dienone is 3. The number of hydrogen-bond acceptors (Lipinski definition) is 9. The Kier molecular flexibility index (Phi) is 7.04. The van der Waals surface area contributed by atoms with Gasteiger partial charge in [-0.2, -0.15) is 4.98 Å². The Hall–Kier alpha value is -2.40. The van der Waals surface area contributed by atoms with Crippen molar-refractivity contribution in [3.63, 3.8) is 0 Å². The van der Waals surface area contributed by atoms with Gasteiger partial charge in [0.05, 0.1) is 12.7 Å². The lowest BCUT2D eigenvalue weighted by Gasteiger charge is -2.23. The number of nitrogens with zero attached hydrogens (tertiary/aromatic N) is 2. The number of esters is 1. The molecule has 34 heavy (non-hydrogen) atoms. The smallest absolute Gasteiger partial charge is 0.351 e. The SMILES string of the molecule is CC1(C)CC(NP(OCC2CC(F)(F)C(n3ccc(N)nc3=O)O2)OC2=CCCC=C2)C(=O)O1. The van der Waals surface area contributed by atoms with E-state index < -0.39 is 56.5 Å². The van der Waals surface area contributed by atoms with Crippen molar-refractivity contribution >= 4 is 20.3 Å². The standard InChI is InChI=1S/C21H27F2N4O6P/c1-20(2)11-15(17(28)32-20)26-34(33-13-6-4-3-5-7-13)30-12-14-10-21(22,23)18(31-14)27-9-8-16(24)25-19(27)29/h4,6-9,14-15,18,26H,3,5,10-12H2,1-2H3,(H2,24,25,29). The summed E-state index contributed by atoms with van der Waals surface area (Å²) in [7, 11) is -1.88. The molecule has 0 spiro atoms. The Balaban J connectivity index is 1.43. The van der Waals surface area contributed by atoms with Crippen LogP contribution in [0.25, 0.3) is 0 Å². The van der Waals surface area contributed by atoms with Crippen molar-refractivity contribution in [3.8, 4) is 0 Å². The third kappa shape index (κ3) is 5.80. The summed E-state index contributed by atoms with van der Waals surface area (Å²) in [5.74, 6) is -3.28. The van der Waals surface area contributed by atoms with Gasteiger partial charge in [-0.25, -0.2) is 18.7 Å². The van der Waals surface area contributed by atoms with Crippen LogP contribution in [0.5, 0.6) is 0 Å². The third-order valence-corrected chi connectivity index (χ3v) is 6.71. The molecule has 1 aromatic rings. The first-order chi connectivity index (χ1) is 16.0. The van der Waals surface area contributed by atoms with Crippen LogP contribution in [0.2, 0.25) is 0 Å². The minimum atomic E-state index is -3.33. The number of aromatic nitrogens is 2. The number of nitrogens with two attached hydrogens (primary N) is 1. The first kappa shape index (κ1) is 24.7. The molecule has 1 aromatic heterocycles. The average molecular weight is 500 g/mol. The molecular weight excluding hydrogens is 473 g/mol. The predicted octanol–water partition coefficient (Wildman–Crippen LogP) is 2.93. The van der Waals surface area contributed by atoms with Crippen LogP contribution >= 0.6 is 8.53 Å². The van der Waals surface area contributed by atoms with Crippen LogP contribution in [-0.2, 0) is 23.3 Å². The second-order valence-corrected chi connectivity index (χ2v) is 10.1. The van der Waals surface area contributed by atoms with Gasteiger partial charge in [-0.05, 0) is 44.9 Å². The van der Waals surface area contributed by atoms with E-state index in [2.05, 4.69) is 10.1 Å². The van der Waals surface area contributed by atoms with Crippen molar-refractivity contribution in [2.75, 3.05) is 12.3 Å². The largest absolute Gasteiger partial charge is 0.458 e. The highest BCUT2D eigenvalue weighted by atomic mass is 31.2. The van der Waals surface area contributed by atoms with Crippen molar-refractivity contribution in [2.24, 2.45) is 0 Å². The molecule has 2 aliphatic heterocycles. The number of anilines is 1. The molecule has 3 N–H and O–H groups in total. The van der Waals surface area contributed by atoms with Gasteiger partial charge in [0.25, 0.3) is 5.92 Å². The van der Waals surface area contributed by atoms with Gasteiger partial charge in [0.1, 0.15) is 23.2 Å². The Morgan fingerprint density at radius 1 is 1.32 bits per heavy atom. The van der Waals surface area contributed by atoms with Crippen LogP contribution in [-0.4, -0.2) is 45.8 Å². The minimum absolute atomic E-state index is 0.0732. The zero-order valence-corrected chi connectivity index (χ0v) is 19.7. The second kappa shape index (κ2) is 9.69. The van der Waals surface area contributed by atoms with Gasteiger partial charge in [0.15, 0.2) is 0 Å². The summed E-state index contributed by atoms with van der Waals surface area (Å²) < 4.78 is 52.5. The fraction of sp³-hybridized carbons (Fsp3) is 0.571. The average Bonchev–Trinajstić information content (AvgIpc) is 3.19. The van der Waals surface area contributed by atoms with Crippen LogP contribution in [0.1, 0.15) is 45.8 Å². The summed E-state index contributed by atoms with van der Waals surface area (Å²) in [6, 6.07) is 0.585. The predicted molar refractivity (Wildman–Crippen MR) is 119 cm³/mol. The quantitative estimate of drug-likeness (QED) is 0.409. The molecule has 0 radical (unpaired) electrons. The summed E-state index contributed by atoms with van der Waals surface area (Å²) in [4.78, 5) is 27.7. The Morgan fingerprint density at radius 3 is 2.76 bits per heavy atom. The van der Waals surface area contributed by atoms with Crippen LogP contribution in [0, 0.1) is 0 Å². The Morgan fingerprint density at radius 2 is 2.12 bits per heavy atom. The Bertz CT molecular complexity index is 1050. The van der Waals surface area contributed by atoms with E-state index in [4.69, 9.17) is 24.3 Å². The van der Waals surface area contributed by atoms with Crippen molar-refractivity contribution in [1.82, 2.24) is 14.6 Å². The van der Waals surface area contributed by atoms with E-state index in [1.54, 1.807) is 19.9 Å². The van der Waals surface area contributed by atoms with Gasteiger partial charge < -0.3 is 24.3 Å². The first-order valence-corrected chi connectivity index (χ1v) is 12.0. The minimum Gasteiger partial charge on any atom is -0.458 e. The molecule has 4 atom stereocenters. The summed E-state index contributed by atoms with van der Waals surface area (Å²) in [6.45, 7) is 3.35. The summed E-state index contributed by atoms with van der Waals surface area (Å²) in [5, 5.41) is 3.02. The summed E-state index contributed by atoms with van der Waals surface area (Å²) in [5.41, 5.74) is 3.87. The molecule has 0 bridgehead atoms. The maximum atomic E-state index is 14.7. The molecule has 3 aliphatic rings. The molecule has 10 nitrogen and oxygen atoms in total. The van der Waals surface area contributed by atoms with Gasteiger partial charge in [-0.3, -0.25) is 9.36 Å². The number of carbonyl (C=O) groups is 1. The van der Waals surface area contributed by atoms with Crippen molar-refractivity contribution in [1.29, 1.82) is 0 Å². The summed E-state index contributed by atoms with van der Waals surface area (Å²) in [6.07, 6.45) is 5.28. The highest BCUT2D eigenvalue weighted by molar-refractivity contribution is 7.45. The van der Waals surface area contributed by atoms with Crippen molar-refractivity contribution in [2.45, 2.75) is 69.4 Å². The topological polar surface area (TPSA) is 127 Å². The number of hydrogen-bond donors (Lipinski definition) is 2. The van der Waals surface area contributed by atoms with Crippen LogP contribution < -0.4 is 16.5 Å². The van der Waals surface area contributed by atoms with Gasteiger partial charge in [0, 0.05) is 19.0 Å².